The lowest BCUT2D eigenvalue weighted by atomic mass is 10.1. The van der Waals surface area contributed by atoms with E-state index < -0.39 is 42.3 Å². The van der Waals surface area contributed by atoms with Crippen LogP contribution in [0.2, 0.25) is 0 Å². The molecule has 0 saturated carbocycles. The Balaban J connectivity index is 1.41. The van der Waals surface area contributed by atoms with E-state index in [9.17, 15) is 19.2 Å². The molecule has 1 fully saturated rings. The van der Waals surface area contributed by atoms with Gasteiger partial charge >= 0.3 is 12.0 Å². The van der Waals surface area contributed by atoms with Gasteiger partial charge in [-0.3, -0.25) is 14.5 Å². The number of anilines is 1. The third-order valence-corrected chi connectivity index (χ3v) is 4.81. The average molecular weight is 417 g/mol. The van der Waals surface area contributed by atoms with Crippen molar-refractivity contribution in [3.63, 3.8) is 0 Å². The topological polar surface area (TPSA) is 159 Å². The largest absolute Gasteiger partial charge is 0.564 e. The molecule has 1 aliphatic heterocycles. The highest BCUT2D eigenvalue weighted by molar-refractivity contribution is 6.06. The summed E-state index contributed by atoms with van der Waals surface area (Å²) in [5, 5.41) is 15.2. The molecule has 2 atom stereocenters. The third kappa shape index (κ3) is 5.04. The summed E-state index contributed by atoms with van der Waals surface area (Å²) in [5.74, 6) is -1.82. The van der Waals surface area contributed by atoms with Crippen LogP contribution in [-0.2, 0) is 14.4 Å². The highest BCUT2D eigenvalue weighted by Gasteiger charge is 2.38. The van der Waals surface area contributed by atoms with Crippen molar-refractivity contribution in [3.8, 4) is 0 Å². The number of hydrogen-bond acceptors (Lipinski definition) is 6. The lowest BCUT2D eigenvalue weighted by Crippen LogP contribution is -2.42. The van der Waals surface area contributed by atoms with Crippen LogP contribution in [0.5, 0.6) is 0 Å². The number of nitrogens with zero attached hydrogens (tertiary/aromatic N) is 2. The van der Waals surface area contributed by atoms with Gasteiger partial charge in [-0.15, -0.1) is 0 Å². The van der Waals surface area contributed by atoms with Crippen molar-refractivity contribution in [1.29, 1.82) is 0 Å². The summed E-state index contributed by atoms with van der Waals surface area (Å²) in [4.78, 5) is 55.7. The van der Waals surface area contributed by atoms with Crippen LogP contribution >= 0.6 is 0 Å². The molecule has 1 aliphatic rings. The minimum atomic E-state index is -0.790. The van der Waals surface area contributed by atoms with E-state index in [4.69, 9.17) is 5.11 Å². The van der Waals surface area contributed by atoms with E-state index in [1.165, 1.54) is 6.92 Å². The van der Waals surface area contributed by atoms with Crippen LogP contribution < -0.4 is 16.0 Å². The van der Waals surface area contributed by atoms with E-state index in [0.29, 0.717) is 25.3 Å². The Kier molecular flexibility index (Phi) is 6.50. The zero-order chi connectivity index (χ0) is 21.7. The zero-order valence-corrected chi connectivity index (χ0v) is 16.5. The predicted octanol–water partition coefficient (Wildman–Crippen LogP) is -0.321. The number of amides is 4. The number of imide groups is 1. The molecule has 2 aromatic rings. The summed E-state index contributed by atoms with van der Waals surface area (Å²) < 4.78 is 0. The Morgan fingerprint density at radius 1 is 1.30 bits per heavy atom. The number of benzene rings is 1. The molecule has 11 heteroatoms. The Morgan fingerprint density at radius 2 is 2.07 bits per heavy atom. The van der Waals surface area contributed by atoms with Crippen molar-refractivity contribution < 1.29 is 24.3 Å². The Labute approximate surface area is 172 Å². The maximum Gasteiger partial charge on any atom is 0.520 e. The van der Waals surface area contributed by atoms with Crippen molar-refractivity contribution in [2.75, 3.05) is 25.0 Å². The molecule has 11 nitrogen and oxygen atoms in total. The average Bonchev–Trinajstić information content (AvgIpc) is 3.24. The summed E-state index contributed by atoms with van der Waals surface area (Å²) in [6.07, 6.45) is 1.02. The Hall–Kier alpha value is -3.63. The van der Waals surface area contributed by atoms with E-state index >= 15 is 0 Å². The van der Waals surface area contributed by atoms with Gasteiger partial charge in [-0.1, -0.05) is 12.1 Å². The van der Waals surface area contributed by atoms with E-state index in [1.807, 2.05) is 24.3 Å². The molecule has 1 aromatic carbocycles. The van der Waals surface area contributed by atoms with Gasteiger partial charge in [0.2, 0.25) is 11.9 Å². The smallest absolute Gasteiger partial charge is 0.520 e. The molecular formula is C19H25N6O5+. The first kappa shape index (κ1) is 21.1. The standard InChI is InChI=1S/C19H24N6O5/c1-11(17(28)29)9-21-15(26)10-25-16(27)14(24-19(25)30)7-4-8-20-18-22-12-5-2-3-6-13(12)23-18/h2-3,5-6,11,14H,4,7-10H2,1H3,(H,21,26)(H,24,30)(H,28,29)(H2,20,22,23)/p+1/t11-,14-/m0/s1. The van der Waals surface area contributed by atoms with Crippen LogP contribution in [0.4, 0.5) is 10.7 Å². The number of rotatable bonds is 10. The number of fused-ring (bicyclic) bond motifs is 1. The number of H-pyrrole nitrogens is 1. The SMILES string of the molecule is C[C@@H](CNC(=O)CN1C(=O)N[C@@H](CCCNc2nc3ccccc3[nH]2)C1=O)C(=O)[OH2+]. The summed E-state index contributed by atoms with van der Waals surface area (Å²) in [6.45, 7) is 1.64. The molecule has 0 unspecified atom stereocenters. The number of aromatic nitrogens is 2. The van der Waals surface area contributed by atoms with Crippen molar-refractivity contribution in [1.82, 2.24) is 25.5 Å². The van der Waals surface area contributed by atoms with Gasteiger partial charge in [-0.25, -0.2) is 9.78 Å². The molecule has 6 N–H and O–H groups in total. The molecule has 3 rings (SSSR count). The van der Waals surface area contributed by atoms with E-state index in [1.54, 1.807) is 0 Å². The molecular weight excluding hydrogens is 392 g/mol. The first-order chi connectivity index (χ1) is 14.3. The van der Waals surface area contributed by atoms with Crippen molar-refractivity contribution in [2.45, 2.75) is 25.8 Å². The van der Waals surface area contributed by atoms with Crippen LogP contribution in [-0.4, -0.2) is 69.5 Å². The normalized spacial score (nSPS) is 17.1. The predicted molar refractivity (Wildman–Crippen MR) is 109 cm³/mol. The molecule has 0 bridgehead atoms. The number of imidazole rings is 1. The zero-order valence-electron chi connectivity index (χ0n) is 16.5. The second-order valence-corrected chi connectivity index (χ2v) is 7.17. The summed E-state index contributed by atoms with van der Waals surface area (Å²) in [6, 6.07) is 6.35. The van der Waals surface area contributed by atoms with E-state index in [0.717, 1.165) is 15.9 Å². The fourth-order valence-electron chi connectivity index (χ4n) is 3.03. The monoisotopic (exact) mass is 417 g/mol. The highest BCUT2D eigenvalue weighted by atomic mass is 16.4. The Bertz CT molecular complexity index is 925. The van der Waals surface area contributed by atoms with Crippen molar-refractivity contribution in [3.05, 3.63) is 24.3 Å². The van der Waals surface area contributed by atoms with Crippen LogP contribution in [0.25, 0.3) is 11.0 Å². The maximum absolute atomic E-state index is 12.4. The van der Waals surface area contributed by atoms with Gasteiger partial charge in [-0.05, 0) is 31.9 Å². The first-order valence-corrected chi connectivity index (χ1v) is 9.68. The van der Waals surface area contributed by atoms with E-state index in [2.05, 4.69) is 25.9 Å². The molecule has 0 aliphatic carbocycles. The van der Waals surface area contributed by atoms with Crippen LogP contribution in [0.3, 0.4) is 0 Å². The Morgan fingerprint density at radius 3 is 2.80 bits per heavy atom. The molecule has 30 heavy (non-hydrogen) atoms. The van der Waals surface area contributed by atoms with Gasteiger partial charge in [0.25, 0.3) is 5.91 Å². The fourth-order valence-corrected chi connectivity index (χ4v) is 3.03. The van der Waals surface area contributed by atoms with Gasteiger partial charge in [-0.2, -0.15) is 0 Å². The summed E-state index contributed by atoms with van der Waals surface area (Å²) in [7, 11) is 0. The molecule has 160 valence electrons. The minimum Gasteiger partial charge on any atom is -0.564 e. The summed E-state index contributed by atoms with van der Waals surface area (Å²) in [5.41, 5.74) is 1.78. The molecule has 1 saturated heterocycles. The molecule has 0 spiro atoms. The number of aromatic amines is 1. The second-order valence-electron chi connectivity index (χ2n) is 7.17. The van der Waals surface area contributed by atoms with Crippen LogP contribution in [0.15, 0.2) is 24.3 Å². The van der Waals surface area contributed by atoms with Crippen molar-refractivity contribution in [2.24, 2.45) is 5.92 Å². The fraction of sp³-hybridized carbons (Fsp3) is 0.421. The number of carbonyl (C=O) groups is 4. The van der Waals surface area contributed by atoms with Gasteiger partial charge in [0.05, 0.1) is 11.0 Å². The minimum absolute atomic E-state index is 0.0122. The highest BCUT2D eigenvalue weighted by Crippen LogP contribution is 2.14. The second kappa shape index (κ2) is 9.25. The van der Waals surface area contributed by atoms with Crippen molar-refractivity contribution >= 4 is 40.8 Å². The number of urea groups is 1. The molecule has 2 heterocycles. The quantitative estimate of drug-likeness (QED) is 0.235. The first-order valence-electron chi connectivity index (χ1n) is 9.68. The number of hydrogen-bond donors (Lipinski definition) is 4. The number of carbonyl (C=O) groups excluding carboxylic acids is 4. The van der Waals surface area contributed by atoms with Gasteiger partial charge in [0, 0.05) is 17.9 Å². The van der Waals surface area contributed by atoms with Gasteiger partial charge < -0.3 is 26.0 Å². The maximum atomic E-state index is 12.4. The third-order valence-electron chi connectivity index (χ3n) is 4.81. The van der Waals surface area contributed by atoms with Crippen LogP contribution in [0.1, 0.15) is 19.8 Å². The molecule has 1 aromatic heterocycles. The van der Waals surface area contributed by atoms with Gasteiger partial charge in [0.15, 0.2) is 0 Å². The lowest BCUT2D eigenvalue weighted by Gasteiger charge is -2.13. The molecule has 4 amide bonds. The van der Waals surface area contributed by atoms with E-state index in [-0.39, 0.29) is 6.54 Å². The van der Waals surface area contributed by atoms with Gasteiger partial charge in [0.1, 0.15) is 18.5 Å². The summed E-state index contributed by atoms with van der Waals surface area (Å²) >= 11 is 0. The molecule has 0 radical (unpaired) electrons. The lowest BCUT2D eigenvalue weighted by molar-refractivity contribution is -0.141. The number of nitrogens with one attached hydrogen (secondary N) is 4. The number of para-hydroxylation sites is 2. The van der Waals surface area contributed by atoms with Crippen LogP contribution in [0, 0.1) is 5.92 Å².